The maximum Gasteiger partial charge on any atom is 0.335 e. The van der Waals surface area contributed by atoms with E-state index in [0.29, 0.717) is 31.3 Å². The summed E-state index contributed by atoms with van der Waals surface area (Å²) in [6.45, 7) is 2.84. The van der Waals surface area contributed by atoms with Gasteiger partial charge in [0.2, 0.25) is 0 Å². The normalized spacial score (nSPS) is 36.5. The van der Waals surface area contributed by atoms with Crippen LogP contribution < -0.4 is 0 Å². The first-order chi connectivity index (χ1) is 7.12. The van der Waals surface area contributed by atoms with E-state index in [2.05, 4.69) is 6.92 Å². The Labute approximate surface area is 90.8 Å². The van der Waals surface area contributed by atoms with Gasteiger partial charge in [0, 0.05) is 0 Å². The van der Waals surface area contributed by atoms with Gasteiger partial charge in [-0.3, -0.25) is 0 Å². The Kier molecular flexibility index (Phi) is 3.01. The molecule has 0 amide bonds. The average Bonchev–Trinajstić information content (AvgIpc) is 3.01. The molecule has 2 fully saturated rings. The number of hydrogen-bond donors (Lipinski definition) is 1. The molecule has 0 heterocycles. The van der Waals surface area contributed by atoms with Crippen molar-refractivity contribution < 1.29 is 14.6 Å². The summed E-state index contributed by atoms with van der Waals surface area (Å²) in [5, 5.41) is 9.28. The van der Waals surface area contributed by atoms with Crippen molar-refractivity contribution in [2.75, 3.05) is 6.61 Å². The van der Waals surface area contributed by atoms with Gasteiger partial charge in [0.1, 0.15) is 0 Å². The third-order valence-corrected chi connectivity index (χ3v) is 3.76. The van der Waals surface area contributed by atoms with Gasteiger partial charge in [0.15, 0.2) is 5.60 Å². The van der Waals surface area contributed by atoms with E-state index < -0.39 is 11.6 Å². The smallest absolute Gasteiger partial charge is 0.335 e. The van der Waals surface area contributed by atoms with Crippen LogP contribution in [0.3, 0.4) is 0 Å². The molecular weight excluding hydrogens is 192 g/mol. The van der Waals surface area contributed by atoms with Crippen LogP contribution in [0, 0.1) is 11.8 Å². The molecule has 1 N–H and O–H groups in total. The van der Waals surface area contributed by atoms with E-state index >= 15 is 0 Å². The summed E-state index contributed by atoms with van der Waals surface area (Å²) in [5.41, 5.74) is -0.852. The van der Waals surface area contributed by atoms with Crippen molar-refractivity contribution in [3.63, 3.8) is 0 Å². The van der Waals surface area contributed by atoms with Crippen molar-refractivity contribution in [3.8, 4) is 0 Å². The van der Waals surface area contributed by atoms with Gasteiger partial charge in [-0.05, 0) is 50.4 Å². The van der Waals surface area contributed by atoms with E-state index in [1.807, 2.05) is 0 Å². The third kappa shape index (κ3) is 2.51. The predicted octanol–water partition coefficient (Wildman–Crippen LogP) is 2.45. The second kappa shape index (κ2) is 4.12. The lowest BCUT2D eigenvalue weighted by Crippen LogP contribution is -2.45. The minimum absolute atomic E-state index is 0.639. The zero-order valence-corrected chi connectivity index (χ0v) is 9.37. The van der Waals surface area contributed by atoms with Crippen LogP contribution in [0.1, 0.15) is 45.4 Å². The average molecular weight is 212 g/mol. The number of hydrogen-bond acceptors (Lipinski definition) is 2. The fourth-order valence-corrected chi connectivity index (χ4v) is 2.21. The van der Waals surface area contributed by atoms with Gasteiger partial charge in [0.25, 0.3) is 0 Å². The minimum atomic E-state index is -0.852. The zero-order valence-electron chi connectivity index (χ0n) is 9.37. The van der Waals surface area contributed by atoms with Gasteiger partial charge >= 0.3 is 5.97 Å². The molecule has 0 atom stereocenters. The summed E-state index contributed by atoms with van der Waals surface area (Å²) in [7, 11) is 0. The van der Waals surface area contributed by atoms with Crippen LogP contribution in [0.25, 0.3) is 0 Å². The van der Waals surface area contributed by atoms with Crippen molar-refractivity contribution >= 4 is 5.97 Å². The quantitative estimate of drug-likeness (QED) is 0.778. The van der Waals surface area contributed by atoms with E-state index in [9.17, 15) is 9.90 Å². The number of carbonyl (C=O) groups is 1. The number of rotatable bonds is 4. The molecule has 2 rings (SSSR count). The highest BCUT2D eigenvalue weighted by atomic mass is 16.5. The number of aliphatic carboxylic acids is 1. The first-order valence-electron chi connectivity index (χ1n) is 6.00. The molecule has 0 aliphatic heterocycles. The molecule has 15 heavy (non-hydrogen) atoms. The summed E-state index contributed by atoms with van der Waals surface area (Å²) in [6, 6.07) is 0. The maximum absolute atomic E-state index is 11.3. The SMILES string of the molecule is CC1CCC(OCC2CC2)(C(=O)O)CC1. The summed E-state index contributed by atoms with van der Waals surface area (Å²) >= 11 is 0. The van der Waals surface area contributed by atoms with Crippen molar-refractivity contribution in [2.45, 2.75) is 51.0 Å². The Morgan fingerprint density at radius 1 is 1.33 bits per heavy atom. The second-order valence-corrected chi connectivity index (χ2v) is 5.24. The van der Waals surface area contributed by atoms with Gasteiger partial charge < -0.3 is 9.84 Å². The molecule has 0 spiro atoms. The largest absolute Gasteiger partial charge is 0.479 e. The number of carboxylic acid groups (broad SMARTS) is 1. The van der Waals surface area contributed by atoms with E-state index in [1.165, 1.54) is 12.8 Å². The molecule has 0 unspecified atom stereocenters. The first-order valence-corrected chi connectivity index (χ1v) is 6.00. The fraction of sp³-hybridized carbons (Fsp3) is 0.917. The van der Waals surface area contributed by atoms with Crippen LogP contribution >= 0.6 is 0 Å². The van der Waals surface area contributed by atoms with Gasteiger partial charge in [-0.15, -0.1) is 0 Å². The van der Waals surface area contributed by atoms with E-state index in [1.54, 1.807) is 0 Å². The van der Waals surface area contributed by atoms with Crippen molar-refractivity contribution in [3.05, 3.63) is 0 Å². The Morgan fingerprint density at radius 2 is 1.93 bits per heavy atom. The summed E-state index contributed by atoms with van der Waals surface area (Å²) in [6.07, 6.45) is 5.78. The molecule has 2 aliphatic rings. The Hall–Kier alpha value is -0.570. The lowest BCUT2D eigenvalue weighted by Gasteiger charge is -2.35. The van der Waals surface area contributed by atoms with Crippen LogP contribution in [-0.4, -0.2) is 23.3 Å². The van der Waals surface area contributed by atoms with Crippen LogP contribution in [0.4, 0.5) is 0 Å². The van der Waals surface area contributed by atoms with Gasteiger partial charge in [0.05, 0.1) is 6.61 Å². The highest BCUT2D eigenvalue weighted by Gasteiger charge is 2.43. The fourth-order valence-electron chi connectivity index (χ4n) is 2.21. The Bertz CT molecular complexity index is 237. The standard InChI is InChI=1S/C12H20O3/c1-9-4-6-12(7-5-9,11(13)14)15-8-10-2-3-10/h9-10H,2-8H2,1H3,(H,13,14). The molecule has 0 bridgehead atoms. The first kappa shape index (κ1) is 10.9. The van der Waals surface area contributed by atoms with Crippen molar-refractivity contribution in [2.24, 2.45) is 11.8 Å². The molecule has 2 saturated carbocycles. The van der Waals surface area contributed by atoms with Gasteiger partial charge in [-0.2, -0.15) is 0 Å². The minimum Gasteiger partial charge on any atom is -0.479 e. The molecule has 3 nitrogen and oxygen atoms in total. The monoisotopic (exact) mass is 212 g/mol. The molecule has 0 aromatic carbocycles. The summed E-state index contributed by atoms with van der Waals surface area (Å²) in [5.74, 6) is 0.539. The highest BCUT2D eigenvalue weighted by Crippen LogP contribution is 2.37. The van der Waals surface area contributed by atoms with Gasteiger partial charge in [-0.1, -0.05) is 6.92 Å². The Balaban J connectivity index is 1.93. The maximum atomic E-state index is 11.3. The van der Waals surface area contributed by atoms with Crippen LogP contribution in [0.2, 0.25) is 0 Å². The van der Waals surface area contributed by atoms with Gasteiger partial charge in [-0.25, -0.2) is 4.79 Å². The van der Waals surface area contributed by atoms with Crippen LogP contribution in [0.15, 0.2) is 0 Å². The summed E-state index contributed by atoms with van der Waals surface area (Å²) < 4.78 is 5.70. The highest BCUT2D eigenvalue weighted by molar-refractivity contribution is 5.77. The van der Waals surface area contributed by atoms with Crippen molar-refractivity contribution in [1.29, 1.82) is 0 Å². The lowest BCUT2D eigenvalue weighted by molar-refractivity contribution is -0.172. The summed E-state index contributed by atoms with van der Waals surface area (Å²) in [4.78, 5) is 11.3. The molecular formula is C12H20O3. The molecule has 0 aromatic heterocycles. The molecule has 0 saturated heterocycles. The molecule has 2 aliphatic carbocycles. The number of ether oxygens (including phenoxy) is 1. The Morgan fingerprint density at radius 3 is 2.40 bits per heavy atom. The molecule has 0 radical (unpaired) electrons. The third-order valence-electron chi connectivity index (χ3n) is 3.76. The van der Waals surface area contributed by atoms with E-state index in [-0.39, 0.29) is 0 Å². The topological polar surface area (TPSA) is 46.5 Å². The van der Waals surface area contributed by atoms with Crippen molar-refractivity contribution in [1.82, 2.24) is 0 Å². The van der Waals surface area contributed by atoms with E-state index in [0.717, 1.165) is 12.8 Å². The molecule has 86 valence electrons. The zero-order chi connectivity index (χ0) is 10.9. The molecule has 0 aromatic rings. The van der Waals surface area contributed by atoms with Crippen LogP contribution in [-0.2, 0) is 9.53 Å². The predicted molar refractivity (Wildman–Crippen MR) is 56.7 cm³/mol. The molecule has 3 heteroatoms. The number of carboxylic acids is 1. The van der Waals surface area contributed by atoms with E-state index in [4.69, 9.17) is 4.74 Å². The lowest BCUT2D eigenvalue weighted by atomic mass is 9.79. The second-order valence-electron chi connectivity index (χ2n) is 5.24. The van der Waals surface area contributed by atoms with Crippen LogP contribution in [0.5, 0.6) is 0 Å².